The van der Waals surface area contributed by atoms with Gasteiger partial charge >= 0.3 is 0 Å². The van der Waals surface area contributed by atoms with Crippen molar-refractivity contribution in [1.82, 2.24) is 9.97 Å². The van der Waals surface area contributed by atoms with Gasteiger partial charge in [-0.3, -0.25) is 0 Å². The lowest BCUT2D eigenvalue weighted by atomic mass is 10.1. The maximum absolute atomic E-state index is 5.55. The van der Waals surface area contributed by atoms with Gasteiger partial charge in [-0.25, -0.2) is 9.97 Å². The molecule has 2 N–H and O–H groups in total. The quantitative estimate of drug-likeness (QED) is 0.882. The number of halogens is 1. The van der Waals surface area contributed by atoms with E-state index in [1.165, 1.54) is 5.56 Å². The summed E-state index contributed by atoms with van der Waals surface area (Å²) in [6.07, 6.45) is 4.19. The Bertz CT molecular complexity index is 490. The largest absolute Gasteiger partial charge is 0.330 e. The van der Waals surface area contributed by atoms with E-state index in [4.69, 9.17) is 5.73 Å². The number of rotatable bonds is 4. The van der Waals surface area contributed by atoms with Gasteiger partial charge in [0.25, 0.3) is 0 Å². The summed E-state index contributed by atoms with van der Waals surface area (Å²) in [6.45, 7) is 0.664. The highest BCUT2D eigenvalue weighted by atomic mass is 79.9. The highest BCUT2D eigenvalue weighted by molar-refractivity contribution is 9.10. The number of aromatic nitrogens is 2. The van der Waals surface area contributed by atoms with Gasteiger partial charge < -0.3 is 5.73 Å². The Morgan fingerprint density at radius 1 is 1.29 bits per heavy atom. The molecule has 88 valence electrons. The van der Waals surface area contributed by atoms with Crippen molar-refractivity contribution in [2.75, 3.05) is 6.54 Å². The minimum Gasteiger partial charge on any atom is -0.330 e. The van der Waals surface area contributed by atoms with E-state index in [0.717, 1.165) is 20.8 Å². The molecule has 0 saturated heterocycles. The van der Waals surface area contributed by atoms with Crippen molar-refractivity contribution in [2.24, 2.45) is 5.73 Å². The SMILES string of the molecule is NCCc1ccc(Sc2ccncn2)cc1Br. The zero-order valence-corrected chi connectivity index (χ0v) is 11.5. The van der Waals surface area contributed by atoms with Crippen LogP contribution in [0.1, 0.15) is 5.56 Å². The van der Waals surface area contributed by atoms with Crippen molar-refractivity contribution in [3.63, 3.8) is 0 Å². The minimum absolute atomic E-state index is 0.664. The summed E-state index contributed by atoms with van der Waals surface area (Å²) >= 11 is 5.18. The number of hydrogen-bond acceptors (Lipinski definition) is 4. The summed E-state index contributed by atoms with van der Waals surface area (Å²) in [4.78, 5) is 9.22. The Balaban J connectivity index is 2.15. The summed E-state index contributed by atoms with van der Waals surface area (Å²) in [7, 11) is 0. The molecule has 0 radical (unpaired) electrons. The van der Waals surface area contributed by atoms with Gasteiger partial charge in [0.2, 0.25) is 0 Å². The molecule has 1 aromatic heterocycles. The van der Waals surface area contributed by atoms with Crippen LogP contribution < -0.4 is 5.73 Å². The molecule has 0 aliphatic carbocycles. The van der Waals surface area contributed by atoms with Gasteiger partial charge in [-0.2, -0.15) is 0 Å². The third-order valence-electron chi connectivity index (χ3n) is 2.22. The van der Waals surface area contributed by atoms with E-state index in [2.05, 4.69) is 44.1 Å². The number of benzene rings is 1. The Morgan fingerprint density at radius 2 is 2.18 bits per heavy atom. The van der Waals surface area contributed by atoms with E-state index in [-0.39, 0.29) is 0 Å². The van der Waals surface area contributed by atoms with Crippen LogP contribution in [0.4, 0.5) is 0 Å². The molecule has 5 heteroatoms. The lowest BCUT2D eigenvalue weighted by Gasteiger charge is -2.05. The molecule has 0 spiro atoms. The Labute approximate surface area is 113 Å². The average molecular weight is 310 g/mol. The highest BCUT2D eigenvalue weighted by Gasteiger charge is 2.03. The summed E-state index contributed by atoms with van der Waals surface area (Å²) < 4.78 is 1.10. The van der Waals surface area contributed by atoms with E-state index in [1.54, 1.807) is 24.3 Å². The lowest BCUT2D eigenvalue weighted by molar-refractivity contribution is 0.960. The molecular weight excluding hydrogens is 298 g/mol. The maximum atomic E-state index is 5.55. The Kier molecular flexibility index (Phi) is 4.53. The third kappa shape index (κ3) is 3.52. The molecule has 0 amide bonds. The first kappa shape index (κ1) is 12.5. The van der Waals surface area contributed by atoms with Crippen molar-refractivity contribution in [1.29, 1.82) is 0 Å². The molecule has 0 atom stereocenters. The molecule has 1 heterocycles. The maximum Gasteiger partial charge on any atom is 0.116 e. The van der Waals surface area contributed by atoms with Crippen molar-refractivity contribution in [3.8, 4) is 0 Å². The van der Waals surface area contributed by atoms with Crippen LogP contribution in [0.2, 0.25) is 0 Å². The van der Waals surface area contributed by atoms with E-state index in [9.17, 15) is 0 Å². The number of hydrogen-bond donors (Lipinski definition) is 1. The van der Waals surface area contributed by atoms with Crippen LogP contribution in [0.25, 0.3) is 0 Å². The predicted molar refractivity (Wildman–Crippen MR) is 73.1 cm³/mol. The first-order valence-corrected chi connectivity index (χ1v) is 6.83. The molecule has 2 rings (SSSR count). The number of nitrogens with two attached hydrogens (primary N) is 1. The fourth-order valence-corrected chi connectivity index (χ4v) is 2.92. The van der Waals surface area contributed by atoms with Crippen molar-refractivity contribution < 1.29 is 0 Å². The van der Waals surface area contributed by atoms with Gasteiger partial charge in [-0.05, 0) is 36.7 Å². The van der Waals surface area contributed by atoms with Gasteiger partial charge in [-0.15, -0.1) is 0 Å². The van der Waals surface area contributed by atoms with Crippen LogP contribution in [0.3, 0.4) is 0 Å². The lowest BCUT2D eigenvalue weighted by Crippen LogP contribution is -2.03. The monoisotopic (exact) mass is 309 g/mol. The predicted octanol–water partition coefficient (Wildman–Crippen LogP) is 2.89. The molecule has 0 aliphatic heterocycles. The molecule has 0 aliphatic rings. The second-order valence-corrected chi connectivity index (χ2v) is 5.39. The van der Waals surface area contributed by atoms with Gasteiger partial charge in [0.15, 0.2) is 0 Å². The summed E-state index contributed by atoms with van der Waals surface area (Å²) in [5.41, 5.74) is 6.78. The molecule has 0 bridgehead atoms. The molecular formula is C12H12BrN3S. The zero-order chi connectivity index (χ0) is 12.1. The topological polar surface area (TPSA) is 51.8 Å². The van der Waals surface area contributed by atoms with E-state index in [0.29, 0.717) is 6.54 Å². The van der Waals surface area contributed by atoms with Crippen molar-refractivity contribution in [3.05, 3.63) is 46.8 Å². The van der Waals surface area contributed by atoms with Crippen LogP contribution in [0.15, 0.2) is 51.2 Å². The van der Waals surface area contributed by atoms with Crippen LogP contribution in [0.5, 0.6) is 0 Å². The molecule has 1 aromatic carbocycles. The second-order valence-electron chi connectivity index (χ2n) is 3.44. The standard InChI is InChI=1S/C12H12BrN3S/c13-11-7-10(2-1-9(11)3-5-14)17-12-4-6-15-8-16-12/h1-2,4,6-8H,3,5,14H2. The Morgan fingerprint density at radius 3 is 2.82 bits per heavy atom. The first-order valence-electron chi connectivity index (χ1n) is 5.22. The van der Waals surface area contributed by atoms with Crippen molar-refractivity contribution in [2.45, 2.75) is 16.3 Å². The number of nitrogens with zero attached hydrogens (tertiary/aromatic N) is 2. The van der Waals surface area contributed by atoms with Gasteiger partial charge in [0, 0.05) is 15.6 Å². The molecule has 17 heavy (non-hydrogen) atoms. The Hall–Kier alpha value is -0.910. The molecule has 2 aromatic rings. The van der Waals surface area contributed by atoms with Crippen LogP contribution in [-0.4, -0.2) is 16.5 Å². The molecule has 0 unspecified atom stereocenters. The van der Waals surface area contributed by atoms with Crippen LogP contribution >= 0.6 is 27.7 Å². The van der Waals surface area contributed by atoms with Gasteiger partial charge in [0.1, 0.15) is 11.4 Å². The second kappa shape index (κ2) is 6.14. The zero-order valence-electron chi connectivity index (χ0n) is 9.14. The normalized spacial score (nSPS) is 10.5. The van der Waals surface area contributed by atoms with E-state index < -0.39 is 0 Å². The third-order valence-corrected chi connectivity index (χ3v) is 3.89. The fraction of sp³-hybridized carbons (Fsp3) is 0.167. The molecule has 0 saturated carbocycles. The van der Waals surface area contributed by atoms with Crippen LogP contribution in [0, 0.1) is 0 Å². The minimum atomic E-state index is 0.664. The van der Waals surface area contributed by atoms with E-state index in [1.807, 2.05) is 6.07 Å². The molecule has 3 nitrogen and oxygen atoms in total. The fourth-order valence-electron chi connectivity index (χ4n) is 1.41. The van der Waals surface area contributed by atoms with Gasteiger partial charge in [-0.1, -0.05) is 33.8 Å². The smallest absolute Gasteiger partial charge is 0.116 e. The summed E-state index contributed by atoms with van der Waals surface area (Å²) in [6, 6.07) is 8.17. The molecule has 0 fully saturated rings. The van der Waals surface area contributed by atoms with Crippen LogP contribution in [-0.2, 0) is 6.42 Å². The van der Waals surface area contributed by atoms with Gasteiger partial charge in [0.05, 0.1) is 0 Å². The summed E-state index contributed by atoms with van der Waals surface area (Å²) in [5, 5.41) is 0.943. The van der Waals surface area contributed by atoms with E-state index >= 15 is 0 Å². The highest BCUT2D eigenvalue weighted by Crippen LogP contribution is 2.29. The first-order chi connectivity index (χ1) is 8.29. The average Bonchev–Trinajstić information content (AvgIpc) is 2.34. The van der Waals surface area contributed by atoms with Crippen molar-refractivity contribution >= 4 is 27.7 Å². The summed E-state index contributed by atoms with van der Waals surface area (Å²) in [5.74, 6) is 0.